The summed E-state index contributed by atoms with van der Waals surface area (Å²) in [6.07, 6.45) is -4.53. The molecule has 0 unspecified atom stereocenters. The summed E-state index contributed by atoms with van der Waals surface area (Å²) in [4.78, 5) is 33.4. The molecule has 0 aliphatic heterocycles. The van der Waals surface area contributed by atoms with Gasteiger partial charge < -0.3 is 31.1 Å². The molecule has 0 aliphatic carbocycles. The second kappa shape index (κ2) is 10.6. The first-order valence-electron chi connectivity index (χ1n) is 8.24. The number of hydrogen-bond donors (Lipinski definition) is 5. The number of carboxylic acids is 2. The lowest BCUT2D eigenvalue weighted by Gasteiger charge is -2.26. The van der Waals surface area contributed by atoms with E-state index in [2.05, 4.69) is 0 Å². The van der Waals surface area contributed by atoms with Gasteiger partial charge in [0.1, 0.15) is 0 Å². The molecule has 152 valence electrons. The maximum atomic E-state index is 12.2. The zero-order chi connectivity index (χ0) is 21.5. The number of anilines is 1. The summed E-state index contributed by atoms with van der Waals surface area (Å²) < 4.78 is 0. The van der Waals surface area contributed by atoms with Crippen LogP contribution in [-0.2, 0) is 14.4 Å². The maximum absolute atomic E-state index is 12.2. The average Bonchev–Trinajstić information content (AvgIpc) is 2.58. The largest absolute Gasteiger partial charge is 0.479 e. The number of hydrogen-bond acceptors (Lipinski definition) is 6. The predicted octanol–water partition coefficient (Wildman–Crippen LogP) is 0.127. The number of nitrogens with zero attached hydrogens (tertiary/aromatic N) is 1. The summed E-state index contributed by atoms with van der Waals surface area (Å²) in [7, 11) is 1.79. The van der Waals surface area contributed by atoms with Gasteiger partial charge in [0.05, 0.1) is 6.04 Å². The van der Waals surface area contributed by atoms with Crippen LogP contribution in [0.4, 0.5) is 5.69 Å². The van der Waals surface area contributed by atoms with Gasteiger partial charge in [-0.1, -0.05) is 32.0 Å². The van der Waals surface area contributed by atoms with Crippen molar-refractivity contribution in [3.63, 3.8) is 0 Å². The van der Waals surface area contributed by atoms with Gasteiger partial charge in [-0.2, -0.15) is 0 Å². The van der Waals surface area contributed by atoms with E-state index in [0.29, 0.717) is 0 Å². The molecule has 0 saturated heterocycles. The lowest BCUT2D eigenvalue weighted by Crippen LogP contribution is -2.45. The molecule has 1 amide bonds. The quantitative estimate of drug-likeness (QED) is 0.462. The SMILES string of the molecule is Cc1cccc(C)c1N(C)C(=O)[C@@H](N)C(C)C.O=C(O)[C@@H](O)[C@H](O)C(=O)O. The van der Waals surface area contributed by atoms with Crippen molar-refractivity contribution in [2.45, 2.75) is 45.9 Å². The summed E-state index contributed by atoms with van der Waals surface area (Å²) >= 11 is 0. The number of amides is 1. The van der Waals surface area contributed by atoms with E-state index in [4.69, 9.17) is 26.2 Å². The molecule has 1 rings (SSSR count). The Hall–Kier alpha value is -2.49. The van der Waals surface area contributed by atoms with E-state index in [0.717, 1.165) is 16.8 Å². The molecule has 0 bridgehead atoms. The van der Waals surface area contributed by atoms with Crippen LogP contribution in [0.2, 0.25) is 0 Å². The molecule has 0 fully saturated rings. The molecule has 0 radical (unpaired) electrons. The van der Waals surface area contributed by atoms with Crippen LogP contribution in [0.5, 0.6) is 0 Å². The van der Waals surface area contributed by atoms with E-state index in [9.17, 15) is 14.4 Å². The summed E-state index contributed by atoms with van der Waals surface area (Å²) in [5.74, 6) is -3.42. The number of carbonyl (C=O) groups is 3. The highest BCUT2D eigenvalue weighted by Crippen LogP contribution is 2.24. The molecule has 0 heterocycles. The van der Waals surface area contributed by atoms with Gasteiger partial charge in [-0.3, -0.25) is 4.79 Å². The third kappa shape index (κ3) is 6.97. The van der Waals surface area contributed by atoms with Crippen molar-refractivity contribution in [2.24, 2.45) is 11.7 Å². The third-order valence-electron chi connectivity index (χ3n) is 3.91. The molecule has 0 spiro atoms. The Balaban J connectivity index is 0.000000580. The molecule has 0 aromatic heterocycles. The van der Waals surface area contributed by atoms with E-state index in [1.807, 2.05) is 45.9 Å². The van der Waals surface area contributed by atoms with Crippen molar-refractivity contribution in [1.82, 2.24) is 0 Å². The van der Waals surface area contributed by atoms with E-state index in [1.54, 1.807) is 11.9 Å². The first kappa shape index (κ1) is 24.5. The van der Waals surface area contributed by atoms with E-state index in [-0.39, 0.29) is 11.8 Å². The summed E-state index contributed by atoms with van der Waals surface area (Å²) in [6, 6.07) is 5.56. The Morgan fingerprint density at radius 1 is 0.963 bits per heavy atom. The van der Waals surface area contributed by atoms with E-state index >= 15 is 0 Å². The molecule has 0 aliphatic rings. The molecule has 27 heavy (non-hydrogen) atoms. The number of aliphatic hydroxyl groups is 2. The number of benzene rings is 1. The minimum Gasteiger partial charge on any atom is -0.479 e. The van der Waals surface area contributed by atoms with Crippen LogP contribution < -0.4 is 10.6 Å². The second-order valence-corrected chi connectivity index (χ2v) is 6.47. The summed E-state index contributed by atoms with van der Waals surface area (Å²) in [5, 5.41) is 32.5. The highest BCUT2D eigenvalue weighted by Gasteiger charge is 2.29. The zero-order valence-corrected chi connectivity index (χ0v) is 16.1. The Labute approximate surface area is 158 Å². The van der Waals surface area contributed by atoms with Crippen LogP contribution in [0, 0.1) is 19.8 Å². The van der Waals surface area contributed by atoms with Gasteiger partial charge in [-0.15, -0.1) is 0 Å². The molecular weight excluding hydrogens is 356 g/mol. The maximum Gasteiger partial charge on any atom is 0.335 e. The van der Waals surface area contributed by atoms with Crippen LogP contribution >= 0.6 is 0 Å². The molecule has 9 heteroatoms. The number of carboxylic acid groups (broad SMARTS) is 2. The van der Waals surface area contributed by atoms with Gasteiger partial charge in [0, 0.05) is 12.7 Å². The Kier molecular flexibility index (Phi) is 9.63. The molecular formula is C18H28N2O7. The van der Waals surface area contributed by atoms with Crippen molar-refractivity contribution in [3.05, 3.63) is 29.3 Å². The van der Waals surface area contributed by atoms with Gasteiger partial charge in [0.2, 0.25) is 5.91 Å². The first-order valence-corrected chi connectivity index (χ1v) is 8.24. The Morgan fingerprint density at radius 3 is 1.63 bits per heavy atom. The van der Waals surface area contributed by atoms with Crippen molar-refractivity contribution in [3.8, 4) is 0 Å². The average molecular weight is 384 g/mol. The number of carbonyl (C=O) groups excluding carboxylic acids is 1. The van der Waals surface area contributed by atoms with Crippen LogP contribution in [-0.4, -0.2) is 63.6 Å². The van der Waals surface area contributed by atoms with Crippen molar-refractivity contribution < 1.29 is 34.8 Å². The molecule has 1 aromatic rings. The van der Waals surface area contributed by atoms with Gasteiger partial charge in [-0.05, 0) is 30.9 Å². The molecule has 0 saturated carbocycles. The number of likely N-dealkylation sites (N-methyl/N-ethyl adjacent to an activating group) is 1. The first-order chi connectivity index (χ1) is 12.3. The number of rotatable bonds is 6. The van der Waals surface area contributed by atoms with Crippen LogP contribution in [0.1, 0.15) is 25.0 Å². The summed E-state index contributed by atoms with van der Waals surface area (Å²) in [5.41, 5.74) is 9.06. The fraction of sp³-hybridized carbons (Fsp3) is 0.500. The molecule has 1 aromatic carbocycles. The number of aliphatic carboxylic acids is 2. The molecule has 9 nitrogen and oxygen atoms in total. The smallest absolute Gasteiger partial charge is 0.335 e. The fourth-order valence-electron chi connectivity index (χ4n) is 2.22. The number of nitrogens with two attached hydrogens (primary N) is 1. The standard InChI is InChI=1S/C14H22N2O.C4H6O6/c1-9(2)12(15)14(17)16(5)13-10(3)7-6-8-11(13)4;5-1(3(7)8)2(6)4(9)10/h6-9,12H,15H2,1-5H3;1-2,5-6H,(H,7,8)(H,9,10)/t12-;1-,2-/m00/s1. The zero-order valence-electron chi connectivity index (χ0n) is 16.1. The third-order valence-corrected chi connectivity index (χ3v) is 3.91. The lowest BCUT2D eigenvalue weighted by atomic mass is 10.0. The minimum absolute atomic E-state index is 0.0302. The van der Waals surface area contributed by atoms with Gasteiger partial charge in [-0.25, -0.2) is 9.59 Å². The van der Waals surface area contributed by atoms with Crippen LogP contribution in [0.25, 0.3) is 0 Å². The summed E-state index contributed by atoms with van der Waals surface area (Å²) in [6.45, 7) is 7.93. The normalized spacial score (nSPS) is 13.8. The lowest BCUT2D eigenvalue weighted by molar-refractivity contribution is -0.165. The number of aliphatic hydroxyl groups excluding tert-OH is 2. The van der Waals surface area contributed by atoms with Crippen LogP contribution in [0.3, 0.4) is 0 Å². The van der Waals surface area contributed by atoms with Crippen molar-refractivity contribution in [1.29, 1.82) is 0 Å². The van der Waals surface area contributed by atoms with E-state index in [1.165, 1.54) is 0 Å². The predicted molar refractivity (Wildman–Crippen MR) is 99.4 cm³/mol. The van der Waals surface area contributed by atoms with E-state index < -0.39 is 30.2 Å². The van der Waals surface area contributed by atoms with Crippen molar-refractivity contribution >= 4 is 23.5 Å². The van der Waals surface area contributed by atoms with Gasteiger partial charge in [0.15, 0.2) is 12.2 Å². The molecule has 3 atom stereocenters. The number of para-hydroxylation sites is 1. The fourth-order valence-corrected chi connectivity index (χ4v) is 2.22. The van der Waals surface area contributed by atoms with Crippen molar-refractivity contribution in [2.75, 3.05) is 11.9 Å². The molecule has 6 N–H and O–H groups in total. The highest BCUT2D eigenvalue weighted by molar-refractivity contribution is 5.98. The van der Waals surface area contributed by atoms with Crippen LogP contribution in [0.15, 0.2) is 18.2 Å². The van der Waals surface area contributed by atoms with Gasteiger partial charge in [0.25, 0.3) is 0 Å². The minimum atomic E-state index is -2.27. The number of aryl methyl sites for hydroxylation is 2. The van der Waals surface area contributed by atoms with Gasteiger partial charge >= 0.3 is 11.9 Å². The topological polar surface area (TPSA) is 161 Å². The Bertz CT molecular complexity index is 637. The monoisotopic (exact) mass is 384 g/mol. The Morgan fingerprint density at radius 2 is 1.33 bits per heavy atom. The highest BCUT2D eigenvalue weighted by atomic mass is 16.4. The second-order valence-electron chi connectivity index (χ2n) is 6.47.